The Morgan fingerprint density at radius 3 is 3.00 bits per heavy atom. The lowest BCUT2D eigenvalue weighted by Gasteiger charge is -2.21. The fraction of sp³-hybridized carbons (Fsp3) is 0.727. The van der Waals surface area contributed by atoms with Gasteiger partial charge < -0.3 is 5.32 Å². The molecule has 1 saturated carbocycles. The van der Waals surface area contributed by atoms with Crippen molar-refractivity contribution in [3.05, 3.63) is 18.0 Å². The maximum Gasteiger partial charge on any atom is 0.0534 e. The van der Waals surface area contributed by atoms with Crippen LogP contribution in [0.25, 0.3) is 0 Å². The second kappa shape index (κ2) is 4.13. The molecular weight excluding hydrogens is 174 g/mol. The zero-order valence-electron chi connectivity index (χ0n) is 8.96. The Morgan fingerprint density at radius 1 is 1.57 bits per heavy atom. The molecule has 1 aromatic heterocycles. The number of nitrogens with one attached hydrogen (secondary N) is 2. The predicted molar refractivity (Wildman–Crippen MR) is 56.9 cm³/mol. The smallest absolute Gasteiger partial charge is 0.0534 e. The van der Waals surface area contributed by atoms with Crippen LogP contribution in [0.1, 0.15) is 44.7 Å². The fourth-order valence-electron chi connectivity index (χ4n) is 2.31. The van der Waals surface area contributed by atoms with Gasteiger partial charge >= 0.3 is 0 Å². The number of rotatable bonds is 3. The van der Waals surface area contributed by atoms with Gasteiger partial charge in [0.1, 0.15) is 0 Å². The Hall–Kier alpha value is -0.830. The van der Waals surface area contributed by atoms with E-state index in [4.69, 9.17) is 0 Å². The lowest BCUT2D eigenvalue weighted by atomic mass is 10.0. The molecule has 1 aliphatic carbocycles. The van der Waals surface area contributed by atoms with Crippen LogP contribution in [0.2, 0.25) is 0 Å². The molecule has 14 heavy (non-hydrogen) atoms. The SMILES string of the molecule is CC(NC1CCCC1C)c1cn[nH]c1. The Morgan fingerprint density at radius 2 is 2.43 bits per heavy atom. The molecular formula is C11H19N3. The largest absolute Gasteiger partial charge is 0.307 e. The van der Waals surface area contributed by atoms with Crippen molar-refractivity contribution in [2.24, 2.45) is 5.92 Å². The Labute approximate surface area is 85.3 Å². The van der Waals surface area contributed by atoms with Gasteiger partial charge in [0.15, 0.2) is 0 Å². The fourth-order valence-corrected chi connectivity index (χ4v) is 2.31. The van der Waals surface area contributed by atoms with Gasteiger partial charge in [-0.3, -0.25) is 5.10 Å². The van der Waals surface area contributed by atoms with Gasteiger partial charge in [0.05, 0.1) is 6.20 Å². The molecule has 3 unspecified atom stereocenters. The van der Waals surface area contributed by atoms with Gasteiger partial charge in [0, 0.05) is 23.8 Å². The average molecular weight is 193 g/mol. The van der Waals surface area contributed by atoms with Gasteiger partial charge in [-0.1, -0.05) is 13.3 Å². The van der Waals surface area contributed by atoms with Gasteiger partial charge in [-0.25, -0.2) is 0 Å². The zero-order valence-corrected chi connectivity index (χ0v) is 8.96. The Balaban J connectivity index is 1.91. The molecule has 3 atom stereocenters. The van der Waals surface area contributed by atoms with Gasteiger partial charge in [0.2, 0.25) is 0 Å². The number of hydrogen-bond acceptors (Lipinski definition) is 2. The lowest BCUT2D eigenvalue weighted by molar-refractivity contribution is 0.388. The number of nitrogens with zero attached hydrogens (tertiary/aromatic N) is 1. The maximum atomic E-state index is 3.97. The molecule has 1 heterocycles. The van der Waals surface area contributed by atoms with Gasteiger partial charge in [-0.05, 0) is 25.7 Å². The summed E-state index contributed by atoms with van der Waals surface area (Å²) in [7, 11) is 0. The van der Waals surface area contributed by atoms with Crippen LogP contribution in [0.5, 0.6) is 0 Å². The third-order valence-corrected chi connectivity index (χ3v) is 3.34. The number of hydrogen-bond donors (Lipinski definition) is 2. The summed E-state index contributed by atoms with van der Waals surface area (Å²) in [5.41, 5.74) is 1.25. The molecule has 78 valence electrons. The first-order valence-corrected chi connectivity index (χ1v) is 5.52. The quantitative estimate of drug-likeness (QED) is 0.773. The van der Waals surface area contributed by atoms with Gasteiger partial charge in [0.25, 0.3) is 0 Å². The van der Waals surface area contributed by atoms with Crippen LogP contribution >= 0.6 is 0 Å². The molecule has 0 amide bonds. The lowest BCUT2D eigenvalue weighted by Crippen LogP contribution is -2.33. The Bertz CT molecular complexity index is 268. The second-order valence-corrected chi connectivity index (χ2v) is 4.43. The minimum Gasteiger partial charge on any atom is -0.307 e. The minimum atomic E-state index is 0.416. The molecule has 2 rings (SSSR count). The molecule has 1 fully saturated rings. The molecule has 0 saturated heterocycles. The van der Waals surface area contributed by atoms with Crippen LogP contribution in [0, 0.1) is 5.92 Å². The van der Waals surface area contributed by atoms with Crippen molar-refractivity contribution < 1.29 is 0 Å². The number of aromatic nitrogens is 2. The highest BCUT2D eigenvalue weighted by Crippen LogP contribution is 2.26. The zero-order chi connectivity index (χ0) is 9.97. The van der Waals surface area contributed by atoms with E-state index in [0.29, 0.717) is 12.1 Å². The highest BCUT2D eigenvalue weighted by molar-refractivity contribution is 5.08. The second-order valence-electron chi connectivity index (χ2n) is 4.43. The highest BCUT2D eigenvalue weighted by Gasteiger charge is 2.24. The third-order valence-electron chi connectivity index (χ3n) is 3.34. The number of aromatic amines is 1. The summed E-state index contributed by atoms with van der Waals surface area (Å²) in [6.07, 6.45) is 7.94. The molecule has 0 bridgehead atoms. The van der Waals surface area contributed by atoms with Crippen molar-refractivity contribution in [1.29, 1.82) is 0 Å². The van der Waals surface area contributed by atoms with Crippen LogP contribution in [-0.2, 0) is 0 Å². The molecule has 1 aliphatic rings. The van der Waals surface area contributed by atoms with Crippen molar-refractivity contribution >= 4 is 0 Å². The molecule has 0 spiro atoms. The van der Waals surface area contributed by atoms with Gasteiger partial charge in [-0.2, -0.15) is 5.10 Å². The molecule has 3 nitrogen and oxygen atoms in total. The van der Waals surface area contributed by atoms with E-state index in [-0.39, 0.29) is 0 Å². The van der Waals surface area contributed by atoms with E-state index in [1.54, 1.807) is 0 Å². The van der Waals surface area contributed by atoms with Crippen molar-refractivity contribution in [2.45, 2.75) is 45.2 Å². The molecule has 0 aromatic carbocycles. The predicted octanol–water partition coefficient (Wildman–Crippen LogP) is 2.25. The monoisotopic (exact) mass is 193 g/mol. The van der Waals surface area contributed by atoms with Crippen LogP contribution in [-0.4, -0.2) is 16.2 Å². The van der Waals surface area contributed by atoms with Crippen molar-refractivity contribution in [1.82, 2.24) is 15.5 Å². The highest BCUT2D eigenvalue weighted by atomic mass is 15.1. The van der Waals surface area contributed by atoms with Crippen molar-refractivity contribution in [2.75, 3.05) is 0 Å². The number of H-pyrrole nitrogens is 1. The third kappa shape index (κ3) is 1.98. The maximum absolute atomic E-state index is 3.97. The molecule has 0 aliphatic heterocycles. The van der Waals surface area contributed by atoms with E-state index in [2.05, 4.69) is 29.4 Å². The van der Waals surface area contributed by atoms with Crippen LogP contribution in [0.4, 0.5) is 0 Å². The van der Waals surface area contributed by atoms with Crippen molar-refractivity contribution in [3.8, 4) is 0 Å². The summed E-state index contributed by atoms with van der Waals surface area (Å²) < 4.78 is 0. The first-order valence-electron chi connectivity index (χ1n) is 5.52. The molecule has 3 heteroatoms. The molecule has 0 radical (unpaired) electrons. The van der Waals surface area contributed by atoms with Crippen LogP contribution in [0.15, 0.2) is 12.4 Å². The average Bonchev–Trinajstić information content (AvgIpc) is 2.77. The summed E-state index contributed by atoms with van der Waals surface area (Å²) >= 11 is 0. The van der Waals surface area contributed by atoms with E-state index in [1.165, 1.54) is 24.8 Å². The standard InChI is InChI=1S/C11H19N3/c1-8-4-3-5-11(8)14-9(2)10-6-12-13-7-10/h6-9,11,14H,3-5H2,1-2H3,(H,12,13). The molecule has 1 aromatic rings. The van der Waals surface area contributed by atoms with E-state index in [9.17, 15) is 0 Å². The Kier molecular flexibility index (Phi) is 2.87. The summed E-state index contributed by atoms with van der Waals surface area (Å²) in [5.74, 6) is 0.823. The normalized spacial score (nSPS) is 29.3. The molecule has 2 N–H and O–H groups in total. The van der Waals surface area contributed by atoms with Gasteiger partial charge in [-0.15, -0.1) is 0 Å². The topological polar surface area (TPSA) is 40.7 Å². The first kappa shape index (κ1) is 9.71. The van der Waals surface area contributed by atoms with E-state index >= 15 is 0 Å². The summed E-state index contributed by atoms with van der Waals surface area (Å²) in [4.78, 5) is 0. The van der Waals surface area contributed by atoms with Crippen LogP contribution in [0.3, 0.4) is 0 Å². The van der Waals surface area contributed by atoms with Crippen molar-refractivity contribution in [3.63, 3.8) is 0 Å². The summed E-state index contributed by atoms with van der Waals surface area (Å²) in [6.45, 7) is 4.54. The van der Waals surface area contributed by atoms with E-state index < -0.39 is 0 Å². The van der Waals surface area contributed by atoms with E-state index in [1.807, 2.05) is 12.4 Å². The minimum absolute atomic E-state index is 0.416. The first-order chi connectivity index (χ1) is 6.77. The van der Waals surface area contributed by atoms with E-state index in [0.717, 1.165) is 5.92 Å². The summed E-state index contributed by atoms with van der Waals surface area (Å²) in [5, 5.41) is 10.5. The van der Waals surface area contributed by atoms with Crippen LogP contribution < -0.4 is 5.32 Å². The summed E-state index contributed by atoms with van der Waals surface area (Å²) in [6, 6.07) is 1.11.